The second-order valence-corrected chi connectivity index (χ2v) is 5.79. The maximum absolute atomic E-state index is 13.3. The first-order valence-corrected chi connectivity index (χ1v) is 7.12. The molecule has 2 aromatic rings. The molecule has 0 unspecified atom stereocenters. The Morgan fingerprint density at radius 3 is 2.25 bits per heavy atom. The number of anilines is 1. The van der Waals surface area contributed by atoms with Crippen LogP contribution in [0.4, 0.5) is 10.1 Å². The van der Waals surface area contributed by atoms with Crippen molar-refractivity contribution < 1.29 is 4.39 Å². The third kappa shape index (κ3) is 4.37. The van der Waals surface area contributed by atoms with Gasteiger partial charge in [0.2, 0.25) is 0 Å². The van der Waals surface area contributed by atoms with Crippen molar-refractivity contribution in [2.45, 2.75) is 33.7 Å². The van der Waals surface area contributed by atoms with Gasteiger partial charge in [0.05, 0.1) is 0 Å². The molecule has 0 radical (unpaired) electrons. The van der Waals surface area contributed by atoms with Crippen molar-refractivity contribution in [2.24, 2.45) is 5.92 Å². The van der Waals surface area contributed by atoms with E-state index in [9.17, 15) is 4.39 Å². The third-order valence-electron chi connectivity index (χ3n) is 3.21. The van der Waals surface area contributed by atoms with Gasteiger partial charge in [-0.3, -0.25) is 0 Å². The van der Waals surface area contributed by atoms with Crippen molar-refractivity contribution in [3.63, 3.8) is 0 Å². The van der Waals surface area contributed by atoms with Gasteiger partial charge < -0.3 is 5.32 Å². The third-order valence-corrected chi connectivity index (χ3v) is 3.21. The highest BCUT2D eigenvalue weighted by atomic mass is 19.1. The maximum Gasteiger partial charge on any atom is 0.125 e. The summed E-state index contributed by atoms with van der Waals surface area (Å²) < 4.78 is 13.3. The molecule has 0 heterocycles. The lowest BCUT2D eigenvalue weighted by atomic mass is 10.0. The summed E-state index contributed by atoms with van der Waals surface area (Å²) in [7, 11) is 0. The monoisotopic (exact) mass is 271 g/mol. The molecule has 0 spiro atoms. The van der Waals surface area contributed by atoms with E-state index in [1.165, 1.54) is 23.3 Å². The van der Waals surface area contributed by atoms with Crippen LogP contribution in [0.3, 0.4) is 0 Å². The van der Waals surface area contributed by atoms with Gasteiger partial charge in [-0.05, 0) is 54.2 Å². The SMILES string of the molecule is Cc1cc(F)cc(NCc2ccc(CC(C)C)cc2)c1. The van der Waals surface area contributed by atoms with Crippen molar-refractivity contribution in [3.05, 3.63) is 65.0 Å². The Morgan fingerprint density at radius 2 is 1.65 bits per heavy atom. The van der Waals surface area contributed by atoms with Crippen LogP contribution in [0.15, 0.2) is 42.5 Å². The fraction of sp³-hybridized carbons (Fsp3) is 0.333. The molecular formula is C18H22FN. The van der Waals surface area contributed by atoms with E-state index in [-0.39, 0.29) is 5.82 Å². The van der Waals surface area contributed by atoms with Crippen LogP contribution in [0, 0.1) is 18.7 Å². The topological polar surface area (TPSA) is 12.0 Å². The Bertz CT molecular complexity index is 538. The molecule has 0 aromatic heterocycles. The molecule has 1 N–H and O–H groups in total. The molecule has 20 heavy (non-hydrogen) atoms. The smallest absolute Gasteiger partial charge is 0.125 e. The molecule has 0 bridgehead atoms. The molecule has 2 rings (SSSR count). The largest absolute Gasteiger partial charge is 0.381 e. The zero-order valence-electron chi connectivity index (χ0n) is 12.4. The van der Waals surface area contributed by atoms with Gasteiger partial charge in [-0.25, -0.2) is 4.39 Å². The molecule has 2 heteroatoms. The molecule has 0 atom stereocenters. The summed E-state index contributed by atoms with van der Waals surface area (Å²) in [6.45, 7) is 7.06. The van der Waals surface area contributed by atoms with Gasteiger partial charge in [-0.2, -0.15) is 0 Å². The Morgan fingerprint density at radius 1 is 1.00 bits per heavy atom. The van der Waals surface area contributed by atoms with Gasteiger partial charge in [0, 0.05) is 12.2 Å². The normalized spacial score (nSPS) is 10.8. The number of aryl methyl sites for hydroxylation is 1. The van der Waals surface area contributed by atoms with E-state index in [2.05, 4.69) is 43.4 Å². The van der Waals surface area contributed by atoms with Crippen molar-refractivity contribution in [1.29, 1.82) is 0 Å². The van der Waals surface area contributed by atoms with Crippen molar-refractivity contribution >= 4 is 5.69 Å². The molecule has 0 aliphatic rings. The second kappa shape index (κ2) is 6.56. The van der Waals surface area contributed by atoms with E-state index < -0.39 is 0 Å². The van der Waals surface area contributed by atoms with Gasteiger partial charge in [0.1, 0.15) is 5.82 Å². The molecule has 2 aromatic carbocycles. The van der Waals surface area contributed by atoms with Crippen LogP contribution >= 0.6 is 0 Å². The number of benzene rings is 2. The summed E-state index contributed by atoms with van der Waals surface area (Å²) in [4.78, 5) is 0. The van der Waals surface area contributed by atoms with Gasteiger partial charge in [0.15, 0.2) is 0 Å². The first-order chi connectivity index (χ1) is 9.52. The summed E-state index contributed by atoms with van der Waals surface area (Å²) >= 11 is 0. The highest BCUT2D eigenvalue weighted by Gasteiger charge is 2.00. The fourth-order valence-corrected chi connectivity index (χ4v) is 2.31. The lowest BCUT2D eigenvalue weighted by molar-refractivity contribution is 0.627. The number of rotatable bonds is 5. The van der Waals surface area contributed by atoms with E-state index in [1.54, 1.807) is 0 Å². The van der Waals surface area contributed by atoms with Crippen LogP contribution in [0.1, 0.15) is 30.5 Å². The van der Waals surface area contributed by atoms with Gasteiger partial charge in [0.25, 0.3) is 0 Å². The molecule has 0 saturated heterocycles. The minimum Gasteiger partial charge on any atom is -0.381 e. The minimum atomic E-state index is -0.195. The lowest BCUT2D eigenvalue weighted by Gasteiger charge is -2.09. The maximum atomic E-state index is 13.3. The Hall–Kier alpha value is -1.83. The van der Waals surface area contributed by atoms with Crippen molar-refractivity contribution in [1.82, 2.24) is 0 Å². The Labute approximate surface area is 120 Å². The average Bonchev–Trinajstić information content (AvgIpc) is 2.36. The van der Waals surface area contributed by atoms with Crippen LogP contribution in [-0.4, -0.2) is 0 Å². The zero-order valence-corrected chi connectivity index (χ0v) is 12.4. The van der Waals surface area contributed by atoms with E-state index >= 15 is 0 Å². The van der Waals surface area contributed by atoms with E-state index in [0.29, 0.717) is 12.5 Å². The van der Waals surface area contributed by atoms with E-state index in [0.717, 1.165) is 17.7 Å². The lowest BCUT2D eigenvalue weighted by Crippen LogP contribution is -2.01. The minimum absolute atomic E-state index is 0.195. The summed E-state index contributed by atoms with van der Waals surface area (Å²) in [5.41, 5.74) is 4.33. The quantitative estimate of drug-likeness (QED) is 0.811. The van der Waals surface area contributed by atoms with Crippen LogP contribution in [0.25, 0.3) is 0 Å². The first kappa shape index (κ1) is 14.6. The van der Waals surface area contributed by atoms with Crippen molar-refractivity contribution in [2.75, 3.05) is 5.32 Å². The van der Waals surface area contributed by atoms with Crippen LogP contribution in [0.2, 0.25) is 0 Å². The number of nitrogens with one attached hydrogen (secondary N) is 1. The molecular weight excluding hydrogens is 249 g/mol. The molecule has 0 amide bonds. The highest BCUT2D eigenvalue weighted by molar-refractivity contribution is 5.46. The molecule has 1 nitrogen and oxygen atoms in total. The molecule has 0 aliphatic heterocycles. The molecule has 0 aliphatic carbocycles. The standard InChI is InChI=1S/C18H22FN/c1-13(2)8-15-4-6-16(7-5-15)12-20-18-10-14(3)9-17(19)11-18/h4-7,9-11,13,20H,8,12H2,1-3H3. The summed E-state index contributed by atoms with van der Waals surface area (Å²) in [6, 6.07) is 13.6. The Kier molecular flexibility index (Phi) is 4.78. The predicted molar refractivity (Wildman–Crippen MR) is 83.4 cm³/mol. The second-order valence-electron chi connectivity index (χ2n) is 5.79. The van der Waals surface area contributed by atoms with Gasteiger partial charge in [-0.15, -0.1) is 0 Å². The highest BCUT2D eigenvalue weighted by Crippen LogP contribution is 2.15. The summed E-state index contributed by atoms with van der Waals surface area (Å²) in [5, 5.41) is 3.26. The number of halogens is 1. The first-order valence-electron chi connectivity index (χ1n) is 7.12. The number of hydrogen-bond donors (Lipinski definition) is 1. The van der Waals surface area contributed by atoms with Gasteiger partial charge >= 0.3 is 0 Å². The zero-order chi connectivity index (χ0) is 14.5. The number of hydrogen-bond acceptors (Lipinski definition) is 1. The molecule has 106 valence electrons. The van der Waals surface area contributed by atoms with Crippen LogP contribution < -0.4 is 5.32 Å². The average molecular weight is 271 g/mol. The Balaban J connectivity index is 1.96. The van der Waals surface area contributed by atoms with E-state index in [1.807, 2.05) is 13.0 Å². The molecule has 0 fully saturated rings. The summed E-state index contributed by atoms with van der Waals surface area (Å²) in [6.07, 6.45) is 1.11. The van der Waals surface area contributed by atoms with Gasteiger partial charge in [-0.1, -0.05) is 38.1 Å². The van der Waals surface area contributed by atoms with Crippen LogP contribution in [-0.2, 0) is 13.0 Å². The summed E-state index contributed by atoms with van der Waals surface area (Å²) in [5.74, 6) is 0.481. The van der Waals surface area contributed by atoms with E-state index in [4.69, 9.17) is 0 Å². The van der Waals surface area contributed by atoms with Crippen LogP contribution in [0.5, 0.6) is 0 Å². The fourth-order valence-electron chi connectivity index (χ4n) is 2.31. The molecule has 0 saturated carbocycles. The predicted octanol–water partition coefficient (Wildman–Crippen LogP) is 4.94. The van der Waals surface area contributed by atoms with Crippen molar-refractivity contribution in [3.8, 4) is 0 Å².